The van der Waals surface area contributed by atoms with Gasteiger partial charge in [0.15, 0.2) is 0 Å². The maximum absolute atomic E-state index is 13.6. The predicted molar refractivity (Wildman–Crippen MR) is 66.1 cm³/mol. The van der Waals surface area contributed by atoms with Crippen molar-refractivity contribution in [2.45, 2.75) is 26.2 Å². The number of halogens is 2. The van der Waals surface area contributed by atoms with Crippen LogP contribution in [0.4, 0.5) is 4.39 Å². The van der Waals surface area contributed by atoms with Gasteiger partial charge in [0.1, 0.15) is 5.82 Å². The Morgan fingerprint density at radius 1 is 1.24 bits per heavy atom. The quantitative estimate of drug-likeness (QED) is 0.800. The van der Waals surface area contributed by atoms with Gasteiger partial charge in [0.2, 0.25) is 5.89 Å². The van der Waals surface area contributed by atoms with Gasteiger partial charge in [0.25, 0.3) is 5.89 Å². The first-order valence-electron chi connectivity index (χ1n) is 5.17. The largest absolute Gasteiger partial charge is 0.420 e. The Bertz CT molecular complexity index is 546. The highest BCUT2D eigenvalue weighted by atomic mass is 79.9. The second kappa shape index (κ2) is 4.22. The molecule has 0 N–H and O–H groups in total. The molecule has 90 valence electrons. The van der Waals surface area contributed by atoms with Crippen LogP contribution in [0.2, 0.25) is 0 Å². The van der Waals surface area contributed by atoms with Crippen molar-refractivity contribution in [3.63, 3.8) is 0 Å². The standard InChI is InChI=1S/C12H12BrFN2O/c1-12(2,3)11-16-15-10(17-11)8-6-7(13)4-5-9(8)14/h4-6H,1-3H3. The van der Waals surface area contributed by atoms with Crippen molar-refractivity contribution in [2.24, 2.45) is 0 Å². The normalized spacial score (nSPS) is 11.8. The zero-order chi connectivity index (χ0) is 12.6. The Morgan fingerprint density at radius 3 is 2.53 bits per heavy atom. The summed E-state index contributed by atoms with van der Waals surface area (Å²) in [4.78, 5) is 0. The minimum atomic E-state index is -0.377. The van der Waals surface area contributed by atoms with Crippen LogP contribution in [0.3, 0.4) is 0 Å². The van der Waals surface area contributed by atoms with Crippen LogP contribution in [0.25, 0.3) is 11.5 Å². The van der Waals surface area contributed by atoms with E-state index in [0.717, 1.165) is 4.47 Å². The van der Waals surface area contributed by atoms with Crippen molar-refractivity contribution < 1.29 is 8.81 Å². The molecule has 3 nitrogen and oxygen atoms in total. The summed E-state index contributed by atoms with van der Waals surface area (Å²) in [5.74, 6) is 0.318. The Morgan fingerprint density at radius 2 is 1.94 bits per heavy atom. The second-order valence-electron chi connectivity index (χ2n) is 4.79. The third kappa shape index (κ3) is 2.54. The highest BCUT2D eigenvalue weighted by Crippen LogP contribution is 2.28. The average molecular weight is 299 g/mol. The van der Waals surface area contributed by atoms with Gasteiger partial charge in [0, 0.05) is 9.89 Å². The molecule has 0 aliphatic heterocycles. The minimum absolute atomic E-state index is 0.203. The van der Waals surface area contributed by atoms with Gasteiger partial charge in [-0.25, -0.2) is 4.39 Å². The molecule has 0 amide bonds. The molecule has 17 heavy (non-hydrogen) atoms. The van der Waals surface area contributed by atoms with Crippen LogP contribution in [0.1, 0.15) is 26.7 Å². The summed E-state index contributed by atoms with van der Waals surface area (Å²) >= 11 is 3.28. The van der Waals surface area contributed by atoms with E-state index in [-0.39, 0.29) is 17.1 Å². The molecular formula is C12H12BrFN2O. The molecule has 0 atom stereocenters. The molecule has 0 unspecified atom stereocenters. The first kappa shape index (κ1) is 12.2. The first-order chi connectivity index (χ1) is 7.88. The van der Waals surface area contributed by atoms with E-state index >= 15 is 0 Å². The van der Waals surface area contributed by atoms with E-state index in [1.807, 2.05) is 20.8 Å². The van der Waals surface area contributed by atoms with Crippen LogP contribution in [0, 0.1) is 5.82 Å². The molecule has 5 heteroatoms. The van der Waals surface area contributed by atoms with Gasteiger partial charge in [-0.3, -0.25) is 0 Å². The van der Waals surface area contributed by atoms with Crippen LogP contribution in [0.5, 0.6) is 0 Å². The fourth-order valence-electron chi connectivity index (χ4n) is 1.30. The number of aromatic nitrogens is 2. The topological polar surface area (TPSA) is 38.9 Å². The lowest BCUT2D eigenvalue weighted by Gasteiger charge is -2.11. The Kier molecular flexibility index (Phi) is 3.03. The number of rotatable bonds is 1. The van der Waals surface area contributed by atoms with Crippen LogP contribution in [0.15, 0.2) is 27.1 Å². The molecule has 0 radical (unpaired) electrons. The maximum Gasteiger partial charge on any atom is 0.250 e. The van der Waals surface area contributed by atoms with Crippen LogP contribution in [-0.2, 0) is 5.41 Å². The van der Waals surface area contributed by atoms with Gasteiger partial charge in [-0.15, -0.1) is 10.2 Å². The van der Waals surface area contributed by atoms with Gasteiger partial charge < -0.3 is 4.42 Å². The Balaban J connectivity index is 2.47. The molecule has 2 aromatic rings. The van der Waals surface area contributed by atoms with Crippen molar-refractivity contribution in [1.82, 2.24) is 10.2 Å². The minimum Gasteiger partial charge on any atom is -0.420 e. The predicted octanol–water partition coefficient (Wildman–Crippen LogP) is 3.94. The zero-order valence-corrected chi connectivity index (χ0v) is 11.4. The first-order valence-corrected chi connectivity index (χ1v) is 5.96. The van der Waals surface area contributed by atoms with Crippen molar-refractivity contribution >= 4 is 15.9 Å². The van der Waals surface area contributed by atoms with E-state index in [1.54, 1.807) is 12.1 Å². The van der Waals surface area contributed by atoms with Gasteiger partial charge in [-0.1, -0.05) is 36.7 Å². The van der Waals surface area contributed by atoms with Crippen LogP contribution in [-0.4, -0.2) is 10.2 Å². The molecular weight excluding hydrogens is 287 g/mol. The van der Waals surface area contributed by atoms with E-state index in [9.17, 15) is 4.39 Å². The second-order valence-corrected chi connectivity index (χ2v) is 5.70. The summed E-state index contributed by atoms with van der Waals surface area (Å²) in [6.07, 6.45) is 0. The van der Waals surface area contributed by atoms with E-state index in [0.29, 0.717) is 11.5 Å². The van der Waals surface area contributed by atoms with Crippen molar-refractivity contribution in [1.29, 1.82) is 0 Å². The summed E-state index contributed by atoms with van der Waals surface area (Å²) in [7, 11) is 0. The molecule has 0 fully saturated rings. The maximum atomic E-state index is 13.6. The summed E-state index contributed by atoms with van der Waals surface area (Å²) < 4.78 is 19.9. The Hall–Kier alpha value is -1.23. The number of nitrogens with zero attached hydrogens (tertiary/aromatic N) is 2. The van der Waals surface area contributed by atoms with E-state index in [1.165, 1.54) is 6.07 Å². The summed E-state index contributed by atoms with van der Waals surface area (Å²) in [6.45, 7) is 5.88. The lowest BCUT2D eigenvalue weighted by molar-refractivity contribution is 0.398. The zero-order valence-electron chi connectivity index (χ0n) is 9.79. The van der Waals surface area contributed by atoms with Crippen LogP contribution >= 0.6 is 15.9 Å². The number of hydrogen-bond acceptors (Lipinski definition) is 3. The molecule has 0 aliphatic carbocycles. The molecule has 1 aromatic heterocycles. The molecule has 0 saturated carbocycles. The van der Waals surface area contributed by atoms with Crippen molar-refractivity contribution in [3.05, 3.63) is 34.4 Å². The lowest BCUT2D eigenvalue weighted by atomic mass is 9.97. The van der Waals surface area contributed by atoms with Crippen LogP contribution < -0.4 is 0 Å². The highest BCUT2D eigenvalue weighted by molar-refractivity contribution is 9.10. The fraction of sp³-hybridized carbons (Fsp3) is 0.333. The summed E-state index contributed by atoms with van der Waals surface area (Å²) in [5, 5.41) is 7.81. The monoisotopic (exact) mass is 298 g/mol. The molecule has 1 aromatic carbocycles. The molecule has 0 bridgehead atoms. The number of hydrogen-bond donors (Lipinski definition) is 0. The summed E-state index contributed by atoms with van der Waals surface area (Å²) in [6, 6.07) is 4.61. The lowest BCUT2D eigenvalue weighted by Crippen LogP contribution is -2.11. The van der Waals surface area contributed by atoms with Crippen molar-refractivity contribution in [2.75, 3.05) is 0 Å². The smallest absolute Gasteiger partial charge is 0.250 e. The van der Waals surface area contributed by atoms with Crippen molar-refractivity contribution in [3.8, 4) is 11.5 Å². The summed E-state index contributed by atoms with van der Waals surface area (Å²) in [5.41, 5.74) is 0.0654. The van der Waals surface area contributed by atoms with Gasteiger partial charge in [-0.05, 0) is 18.2 Å². The molecule has 0 aliphatic rings. The SMILES string of the molecule is CC(C)(C)c1nnc(-c2cc(Br)ccc2F)o1. The third-order valence-corrected chi connectivity index (χ3v) is 2.72. The van der Waals surface area contributed by atoms with E-state index in [2.05, 4.69) is 26.1 Å². The third-order valence-electron chi connectivity index (χ3n) is 2.23. The molecule has 0 spiro atoms. The molecule has 1 heterocycles. The van der Waals surface area contributed by atoms with Gasteiger partial charge >= 0.3 is 0 Å². The number of benzene rings is 1. The fourth-order valence-corrected chi connectivity index (χ4v) is 1.66. The van der Waals surface area contributed by atoms with Gasteiger partial charge in [-0.2, -0.15) is 0 Å². The average Bonchev–Trinajstić information content (AvgIpc) is 2.70. The molecule has 2 rings (SSSR count). The molecule has 0 saturated heterocycles. The Labute approximate surface area is 107 Å². The van der Waals surface area contributed by atoms with E-state index in [4.69, 9.17) is 4.42 Å². The van der Waals surface area contributed by atoms with Gasteiger partial charge in [0.05, 0.1) is 5.56 Å². The highest BCUT2D eigenvalue weighted by Gasteiger charge is 2.22. The van der Waals surface area contributed by atoms with E-state index < -0.39 is 0 Å².